The molecular weight excluding hydrogens is 434 g/mol. The van der Waals surface area contributed by atoms with E-state index in [0.717, 1.165) is 24.8 Å². The Morgan fingerprint density at radius 1 is 1.25 bits per heavy atom. The summed E-state index contributed by atoms with van der Waals surface area (Å²) in [7, 11) is 1.73. The number of anilines is 1. The number of hydrogen-bond donors (Lipinski definition) is 2. The van der Waals surface area contributed by atoms with Crippen LogP contribution < -0.4 is 10.8 Å². The number of nitrogens with zero attached hydrogens (tertiary/aromatic N) is 3. The van der Waals surface area contributed by atoms with E-state index in [0.29, 0.717) is 29.7 Å². The van der Waals surface area contributed by atoms with Gasteiger partial charge in [-0.25, -0.2) is 15.3 Å². The normalized spacial score (nSPS) is 16.0. The van der Waals surface area contributed by atoms with E-state index in [1.807, 2.05) is 12.1 Å². The average Bonchev–Trinajstić information content (AvgIpc) is 2.82. The molecule has 0 spiro atoms. The lowest BCUT2D eigenvalue weighted by molar-refractivity contribution is -0.198. The maximum absolute atomic E-state index is 12.3. The Morgan fingerprint density at radius 2 is 2.06 bits per heavy atom. The lowest BCUT2D eigenvalue weighted by atomic mass is 10.2. The third-order valence-electron chi connectivity index (χ3n) is 4.69. The molecule has 32 heavy (non-hydrogen) atoms. The van der Waals surface area contributed by atoms with Crippen LogP contribution in [0.1, 0.15) is 30.5 Å². The molecule has 1 aliphatic heterocycles. The molecule has 3 rings (SSSR count). The summed E-state index contributed by atoms with van der Waals surface area (Å²) >= 11 is 5.88. The molecule has 0 bridgehead atoms. The van der Waals surface area contributed by atoms with Crippen molar-refractivity contribution in [2.45, 2.75) is 32.1 Å². The molecule has 10 heteroatoms. The first-order valence-corrected chi connectivity index (χ1v) is 10.7. The van der Waals surface area contributed by atoms with Crippen molar-refractivity contribution in [3.63, 3.8) is 0 Å². The summed E-state index contributed by atoms with van der Waals surface area (Å²) in [5, 5.41) is 3.60. The highest BCUT2D eigenvalue weighted by Crippen LogP contribution is 2.13. The highest BCUT2D eigenvalue weighted by Gasteiger charge is 2.15. The minimum atomic E-state index is -0.419. The Morgan fingerprint density at radius 3 is 2.75 bits per heavy atom. The Labute approximate surface area is 191 Å². The topological polar surface area (TPSA) is 106 Å². The SMILES string of the molecule is CN(Cc1ccc(Cl)cc1)C(=O)CNc1cnc(/C=C/C(=O)NOC2CCCCO2)cn1. The van der Waals surface area contributed by atoms with E-state index in [9.17, 15) is 9.59 Å². The second-order valence-corrected chi connectivity index (χ2v) is 7.71. The van der Waals surface area contributed by atoms with Crippen LogP contribution in [0.25, 0.3) is 6.08 Å². The lowest BCUT2D eigenvalue weighted by Gasteiger charge is -2.21. The maximum Gasteiger partial charge on any atom is 0.267 e. The number of amides is 2. The van der Waals surface area contributed by atoms with Gasteiger partial charge >= 0.3 is 0 Å². The molecule has 0 aliphatic carbocycles. The van der Waals surface area contributed by atoms with Crippen LogP contribution in [-0.4, -0.2) is 53.2 Å². The van der Waals surface area contributed by atoms with Crippen LogP contribution in [0.4, 0.5) is 5.82 Å². The van der Waals surface area contributed by atoms with Gasteiger partial charge < -0.3 is 15.0 Å². The third kappa shape index (κ3) is 7.92. The van der Waals surface area contributed by atoms with Gasteiger partial charge in [-0.2, -0.15) is 0 Å². The Bertz CT molecular complexity index is 915. The second-order valence-electron chi connectivity index (χ2n) is 7.27. The van der Waals surface area contributed by atoms with Crippen molar-refractivity contribution < 1.29 is 19.2 Å². The number of benzene rings is 1. The molecule has 1 fully saturated rings. The van der Waals surface area contributed by atoms with Crippen LogP contribution in [0.2, 0.25) is 5.02 Å². The zero-order valence-electron chi connectivity index (χ0n) is 17.8. The minimum absolute atomic E-state index is 0.0803. The van der Waals surface area contributed by atoms with Crippen LogP contribution >= 0.6 is 11.6 Å². The summed E-state index contributed by atoms with van der Waals surface area (Å²) < 4.78 is 5.37. The summed E-state index contributed by atoms with van der Waals surface area (Å²) in [5.74, 6) is -0.0561. The summed E-state index contributed by atoms with van der Waals surface area (Å²) in [4.78, 5) is 39.4. The van der Waals surface area contributed by atoms with Crippen molar-refractivity contribution >= 4 is 35.3 Å². The molecule has 0 saturated carbocycles. The Kier molecular flexibility index (Phi) is 8.97. The summed E-state index contributed by atoms with van der Waals surface area (Å²) in [6.45, 7) is 1.19. The van der Waals surface area contributed by atoms with E-state index < -0.39 is 12.2 Å². The monoisotopic (exact) mass is 459 g/mol. The van der Waals surface area contributed by atoms with Gasteiger partial charge in [0.15, 0.2) is 6.29 Å². The van der Waals surface area contributed by atoms with Crippen LogP contribution in [0, 0.1) is 0 Å². The molecule has 0 radical (unpaired) electrons. The first-order chi connectivity index (χ1) is 15.5. The van der Waals surface area contributed by atoms with Crippen LogP contribution in [0.3, 0.4) is 0 Å². The number of likely N-dealkylation sites (N-methyl/N-ethyl adjacent to an activating group) is 1. The van der Waals surface area contributed by atoms with E-state index >= 15 is 0 Å². The maximum atomic E-state index is 12.3. The van der Waals surface area contributed by atoms with E-state index in [1.54, 1.807) is 24.1 Å². The Balaban J connectivity index is 1.39. The number of halogens is 1. The van der Waals surface area contributed by atoms with E-state index in [2.05, 4.69) is 20.8 Å². The molecule has 2 heterocycles. The fraction of sp³-hybridized carbons (Fsp3) is 0.364. The zero-order valence-corrected chi connectivity index (χ0v) is 18.5. The molecule has 2 N–H and O–H groups in total. The quantitative estimate of drug-likeness (QED) is 0.438. The largest absolute Gasteiger partial charge is 0.360 e. The third-order valence-corrected chi connectivity index (χ3v) is 4.94. The van der Waals surface area contributed by atoms with Gasteiger partial charge in [0.1, 0.15) is 5.82 Å². The summed E-state index contributed by atoms with van der Waals surface area (Å²) in [6.07, 6.45) is 8.18. The highest BCUT2D eigenvalue weighted by molar-refractivity contribution is 6.30. The van der Waals surface area contributed by atoms with Crippen molar-refractivity contribution in [1.82, 2.24) is 20.3 Å². The standard InChI is InChI=1S/C22H26ClN5O4/c1-28(15-16-5-7-17(23)8-6-16)21(30)14-26-19-13-24-18(12-25-19)9-10-20(29)27-32-22-4-2-3-11-31-22/h5-10,12-13,22H,2-4,11,14-15H2,1H3,(H,25,26)(H,27,29)/b10-9+. The zero-order chi connectivity index (χ0) is 22.8. The average molecular weight is 460 g/mol. The number of hydrogen-bond acceptors (Lipinski definition) is 7. The van der Waals surface area contributed by atoms with Gasteiger partial charge in [0.25, 0.3) is 5.91 Å². The van der Waals surface area contributed by atoms with Gasteiger partial charge in [-0.1, -0.05) is 23.7 Å². The van der Waals surface area contributed by atoms with Gasteiger partial charge in [0.2, 0.25) is 5.91 Å². The predicted molar refractivity (Wildman–Crippen MR) is 120 cm³/mol. The number of aromatic nitrogens is 2. The van der Waals surface area contributed by atoms with Crippen molar-refractivity contribution in [2.75, 3.05) is 25.5 Å². The fourth-order valence-electron chi connectivity index (χ4n) is 2.89. The van der Waals surface area contributed by atoms with E-state index in [1.165, 1.54) is 24.5 Å². The summed E-state index contributed by atoms with van der Waals surface area (Å²) in [5.41, 5.74) is 3.82. The van der Waals surface area contributed by atoms with Gasteiger partial charge in [-0.05, 0) is 36.6 Å². The fourth-order valence-corrected chi connectivity index (χ4v) is 3.02. The lowest BCUT2D eigenvalue weighted by Crippen LogP contribution is -2.32. The molecule has 9 nitrogen and oxygen atoms in total. The molecule has 2 aromatic rings. The molecule has 1 unspecified atom stereocenters. The van der Waals surface area contributed by atoms with E-state index in [-0.39, 0.29) is 12.5 Å². The number of ether oxygens (including phenoxy) is 1. The number of nitrogens with one attached hydrogen (secondary N) is 2. The number of hydroxylamine groups is 1. The Hall–Kier alpha value is -3.01. The van der Waals surface area contributed by atoms with Gasteiger partial charge in [0, 0.05) is 37.7 Å². The van der Waals surface area contributed by atoms with Gasteiger partial charge in [-0.15, -0.1) is 0 Å². The smallest absolute Gasteiger partial charge is 0.267 e. The predicted octanol–water partition coefficient (Wildman–Crippen LogP) is 2.79. The van der Waals surface area contributed by atoms with Gasteiger partial charge in [-0.3, -0.25) is 14.6 Å². The molecule has 1 atom stereocenters. The van der Waals surface area contributed by atoms with Crippen LogP contribution in [0.5, 0.6) is 0 Å². The highest BCUT2D eigenvalue weighted by atomic mass is 35.5. The van der Waals surface area contributed by atoms with Crippen molar-refractivity contribution in [1.29, 1.82) is 0 Å². The molecule has 1 aliphatic rings. The second kappa shape index (κ2) is 12.1. The number of rotatable bonds is 9. The molecule has 2 amide bonds. The molecule has 1 aromatic heterocycles. The molecular formula is C22H26ClN5O4. The van der Waals surface area contributed by atoms with Crippen molar-refractivity contribution in [3.8, 4) is 0 Å². The summed E-state index contributed by atoms with van der Waals surface area (Å²) in [6, 6.07) is 7.35. The first-order valence-electron chi connectivity index (χ1n) is 10.3. The molecule has 170 valence electrons. The van der Waals surface area contributed by atoms with Crippen molar-refractivity contribution in [3.05, 3.63) is 59.0 Å². The molecule has 1 aromatic carbocycles. The van der Waals surface area contributed by atoms with Crippen molar-refractivity contribution in [2.24, 2.45) is 0 Å². The minimum Gasteiger partial charge on any atom is -0.360 e. The number of carbonyl (C=O) groups is 2. The van der Waals surface area contributed by atoms with Crippen LogP contribution in [-0.2, 0) is 25.7 Å². The molecule has 1 saturated heterocycles. The van der Waals surface area contributed by atoms with Gasteiger partial charge in [0.05, 0.1) is 24.6 Å². The number of carbonyl (C=O) groups excluding carboxylic acids is 2. The van der Waals surface area contributed by atoms with E-state index in [4.69, 9.17) is 21.2 Å². The van der Waals surface area contributed by atoms with Crippen LogP contribution in [0.15, 0.2) is 42.7 Å². The first kappa shape index (κ1) is 23.6.